The zero-order valence-electron chi connectivity index (χ0n) is 19.7. The molecule has 2 heterocycles. The smallest absolute Gasteiger partial charge is 0.255 e. The van der Waals surface area contributed by atoms with E-state index in [0.717, 1.165) is 9.71 Å². The maximum Gasteiger partial charge on any atom is 0.255 e. The fraction of sp³-hybridized carbons (Fsp3) is 0.458. The van der Waals surface area contributed by atoms with Crippen molar-refractivity contribution in [3.8, 4) is 0 Å². The quantitative estimate of drug-likeness (QED) is 0.342. The highest BCUT2D eigenvalue weighted by atomic mass is 32.1. The molecule has 0 saturated heterocycles. The van der Waals surface area contributed by atoms with Gasteiger partial charge in [-0.15, -0.1) is 11.3 Å². The number of benzene rings is 1. The lowest BCUT2D eigenvalue weighted by atomic mass is 10.0. The van der Waals surface area contributed by atoms with Crippen LogP contribution < -0.4 is 16.0 Å². The number of aryl methyl sites for hydroxylation is 1. The predicted molar refractivity (Wildman–Crippen MR) is 132 cm³/mol. The highest BCUT2D eigenvalue weighted by molar-refractivity contribution is 7.18. The maximum absolute atomic E-state index is 14.7. The van der Waals surface area contributed by atoms with Crippen LogP contribution in [0.4, 0.5) is 30.4 Å². The van der Waals surface area contributed by atoms with E-state index < -0.39 is 42.3 Å². The van der Waals surface area contributed by atoms with E-state index in [1.165, 1.54) is 43.5 Å². The van der Waals surface area contributed by atoms with Crippen molar-refractivity contribution in [1.29, 1.82) is 0 Å². The van der Waals surface area contributed by atoms with Gasteiger partial charge in [-0.25, -0.2) is 23.1 Å². The summed E-state index contributed by atoms with van der Waals surface area (Å²) < 4.78 is 43.9. The van der Waals surface area contributed by atoms with Crippen LogP contribution in [0.2, 0.25) is 0 Å². The van der Waals surface area contributed by atoms with E-state index in [0.29, 0.717) is 30.5 Å². The van der Waals surface area contributed by atoms with Crippen molar-refractivity contribution in [2.75, 3.05) is 17.2 Å². The average Bonchev–Trinajstić information content (AvgIpc) is 3.35. The number of hydrogen-bond acceptors (Lipinski definition) is 7. The Bertz CT molecular complexity index is 1230. The molecule has 3 aromatic rings. The summed E-state index contributed by atoms with van der Waals surface area (Å²) in [6, 6.07) is 3.99. The van der Waals surface area contributed by atoms with Crippen LogP contribution >= 0.6 is 11.3 Å². The van der Waals surface area contributed by atoms with E-state index in [1.807, 2.05) is 6.92 Å². The van der Waals surface area contributed by atoms with Crippen molar-refractivity contribution in [3.05, 3.63) is 40.8 Å². The van der Waals surface area contributed by atoms with E-state index >= 15 is 0 Å². The molecule has 2 aromatic heterocycles. The van der Waals surface area contributed by atoms with Gasteiger partial charge in [0.25, 0.3) is 5.91 Å². The molecule has 3 atom stereocenters. The summed E-state index contributed by atoms with van der Waals surface area (Å²) in [7, 11) is 0. The second-order valence-corrected chi connectivity index (χ2v) is 10.5. The van der Waals surface area contributed by atoms with Gasteiger partial charge in [-0.1, -0.05) is 0 Å². The summed E-state index contributed by atoms with van der Waals surface area (Å²) >= 11 is 1.43. The molecular formula is C24H28F3N5O2S. The van der Waals surface area contributed by atoms with E-state index in [9.17, 15) is 23.1 Å². The van der Waals surface area contributed by atoms with Crippen molar-refractivity contribution in [2.24, 2.45) is 0 Å². The molecule has 35 heavy (non-hydrogen) atoms. The lowest BCUT2D eigenvalue weighted by Crippen LogP contribution is -2.42. The van der Waals surface area contributed by atoms with E-state index in [4.69, 9.17) is 0 Å². The van der Waals surface area contributed by atoms with Gasteiger partial charge in [0, 0.05) is 18.3 Å². The minimum atomic E-state index is -1.69. The normalized spacial score (nSPS) is 19.1. The third kappa shape index (κ3) is 5.84. The van der Waals surface area contributed by atoms with E-state index in [2.05, 4.69) is 25.9 Å². The summed E-state index contributed by atoms with van der Waals surface area (Å²) in [5.41, 5.74) is -0.486. The SMILES string of the molecule is Cc1nc2cc(F)c(Nc3cc(NC4CCCC4F)c(C(=O)NCC(F)C(C)(C)O)cn3)cc2s1. The molecule has 1 fully saturated rings. The Balaban J connectivity index is 1.60. The van der Waals surface area contributed by atoms with Gasteiger partial charge in [0.15, 0.2) is 0 Å². The number of aliphatic hydroxyl groups is 1. The Morgan fingerprint density at radius 2 is 2.06 bits per heavy atom. The van der Waals surface area contributed by atoms with Gasteiger partial charge in [-0.05, 0) is 46.1 Å². The van der Waals surface area contributed by atoms with Gasteiger partial charge >= 0.3 is 0 Å². The third-order valence-corrected chi connectivity index (χ3v) is 6.91. The molecule has 0 spiro atoms. The van der Waals surface area contributed by atoms with Crippen LogP contribution in [0.3, 0.4) is 0 Å². The van der Waals surface area contributed by atoms with Crippen molar-refractivity contribution in [3.63, 3.8) is 0 Å². The molecule has 1 aliphatic carbocycles. The van der Waals surface area contributed by atoms with Crippen LogP contribution in [-0.4, -0.2) is 51.5 Å². The highest BCUT2D eigenvalue weighted by Crippen LogP contribution is 2.31. The fourth-order valence-electron chi connectivity index (χ4n) is 3.93. The molecular weight excluding hydrogens is 479 g/mol. The Labute approximate surface area is 205 Å². The number of halogens is 3. The fourth-order valence-corrected chi connectivity index (χ4v) is 4.77. The van der Waals surface area contributed by atoms with Crippen molar-refractivity contribution >= 4 is 44.7 Å². The Morgan fingerprint density at radius 1 is 1.29 bits per heavy atom. The standard InChI is InChI=1S/C24H28F3N5O2S/c1-12-30-19-7-15(26)18(8-20(19)35-12)32-22-9-17(31-16-6-4-5-14(16)25)13(10-28-22)23(33)29-11-21(27)24(2,3)34/h7-10,14,16,21,34H,4-6,11H2,1-3H3,(H,29,33)(H2,28,31,32). The highest BCUT2D eigenvalue weighted by Gasteiger charge is 2.30. The van der Waals surface area contributed by atoms with Crippen LogP contribution in [-0.2, 0) is 0 Å². The van der Waals surface area contributed by atoms with Crippen LogP contribution in [0.1, 0.15) is 48.5 Å². The first-order valence-corrected chi connectivity index (χ1v) is 12.2. The molecule has 4 rings (SSSR count). The van der Waals surface area contributed by atoms with Crippen LogP contribution in [0, 0.1) is 12.7 Å². The maximum atomic E-state index is 14.7. The molecule has 1 aliphatic rings. The van der Waals surface area contributed by atoms with Crippen LogP contribution in [0.25, 0.3) is 10.2 Å². The van der Waals surface area contributed by atoms with Gasteiger partial charge in [-0.3, -0.25) is 4.79 Å². The molecule has 1 aromatic carbocycles. The summed E-state index contributed by atoms with van der Waals surface area (Å²) in [5.74, 6) is -0.891. The molecule has 4 N–H and O–H groups in total. The first-order chi connectivity index (χ1) is 16.5. The number of thiazole rings is 1. The topological polar surface area (TPSA) is 99.2 Å². The van der Waals surface area contributed by atoms with E-state index in [1.54, 1.807) is 6.07 Å². The molecule has 188 valence electrons. The molecule has 3 unspecified atom stereocenters. The number of aromatic nitrogens is 2. The van der Waals surface area contributed by atoms with Crippen molar-refractivity contribution in [1.82, 2.24) is 15.3 Å². The number of carbonyl (C=O) groups is 1. The zero-order valence-corrected chi connectivity index (χ0v) is 20.5. The van der Waals surface area contributed by atoms with Gasteiger partial charge in [0.2, 0.25) is 0 Å². The summed E-state index contributed by atoms with van der Waals surface area (Å²) in [6.07, 6.45) is 0.238. The number of pyridine rings is 1. The summed E-state index contributed by atoms with van der Waals surface area (Å²) in [6.45, 7) is 4.05. The molecule has 0 aliphatic heterocycles. The van der Waals surface area contributed by atoms with E-state index in [-0.39, 0.29) is 17.1 Å². The average molecular weight is 508 g/mol. The monoisotopic (exact) mass is 507 g/mol. The van der Waals surface area contributed by atoms with Gasteiger partial charge in [0.1, 0.15) is 24.0 Å². The Hall–Kier alpha value is -2.92. The molecule has 0 bridgehead atoms. The molecule has 1 saturated carbocycles. The summed E-state index contributed by atoms with van der Waals surface area (Å²) in [5, 5.41) is 19.0. The number of hydrogen-bond donors (Lipinski definition) is 4. The lowest BCUT2D eigenvalue weighted by molar-refractivity contribution is -0.00177. The van der Waals surface area contributed by atoms with Gasteiger partial charge in [0.05, 0.1) is 50.4 Å². The first-order valence-electron chi connectivity index (χ1n) is 11.4. The number of alkyl halides is 2. The number of amides is 1. The second-order valence-electron chi connectivity index (χ2n) is 9.30. The zero-order chi connectivity index (χ0) is 25.3. The minimum Gasteiger partial charge on any atom is -0.387 e. The number of rotatable bonds is 8. The summed E-state index contributed by atoms with van der Waals surface area (Å²) in [4.78, 5) is 21.3. The lowest BCUT2D eigenvalue weighted by Gasteiger charge is -2.23. The first kappa shape index (κ1) is 25.2. The van der Waals surface area contributed by atoms with Crippen LogP contribution in [0.5, 0.6) is 0 Å². The molecule has 0 radical (unpaired) electrons. The number of fused-ring (bicyclic) bond motifs is 1. The predicted octanol–water partition coefficient (Wildman–Crippen LogP) is 5.02. The molecule has 7 nitrogen and oxygen atoms in total. The Kier molecular flexibility index (Phi) is 7.18. The third-order valence-electron chi connectivity index (χ3n) is 5.98. The van der Waals surface area contributed by atoms with Gasteiger partial charge in [-0.2, -0.15) is 0 Å². The minimum absolute atomic E-state index is 0.0894. The Morgan fingerprint density at radius 3 is 2.74 bits per heavy atom. The number of nitrogens with zero attached hydrogens (tertiary/aromatic N) is 2. The van der Waals surface area contributed by atoms with Crippen LogP contribution in [0.15, 0.2) is 24.4 Å². The largest absolute Gasteiger partial charge is 0.387 e. The van der Waals surface area contributed by atoms with Gasteiger partial charge < -0.3 is 21.1 Å². The molecule has 1 amide bonds. The number of anilines is 3. The molecule has 11 heteroatoms. The van der Waals surface area contributed by atoms with Crippen molar-refractivity contribution < 1.29 is 23.1 Å². The number of nitrogens with one attached hydrogen (secondary N) is 3. The number of carbonyl (C=O) groups excluding carboxylic acids is 1. The second kappa shape index (κ2) is 9.98. The van der Waals surface area contributed by atoms with Crippen molar-refractivity contribution in [2.45, 2.75) is 64.0 Å².